The van der Waals surface area contributed by atoms with Gasteiger partial charge < -0.3 is 15.5 Å². The molecule has 2 aromatic rings. The third-order valence-corrected chi connectivity index (χ3v) is 3.70. The maximum Gasteiger partial charge on any atom is 0.147 e. The molecule has 2 heterocycles. The number of nitrogens with zero attached hydrogens (tertiary/aromatic N) is 3. The van der Waals surface area contributed by atoms with Crippen molar-refractivity contribution < 1.29 is 4.39 Å². The van der Waals surface area contributed by atoms with Gasteiger partial charge in [0, 0.05) is 37.8 Å². The fourth-order valence-corrected chi connectivity index (χ4v) is 2.46. The second-order valence-corrected chi connectivity index (χ2v) is 5.16. The van der Waals surface area contributed by atoms with Gasteiger partial charge in [-0.2, -0.15) is 5.10 Å². The van der Waals surface area contributed by atoms with Crippen molar-refractivity contribution >= 4 is 11.5 Å². The first-order valence-electron chi connectivity index (χ1n) is 6.68. The van der Waals surface area contributed by atoms with Crippen LogP contribution in [0, 0.1) is 5.82 Å². The minimum Gasteiger partial charge on any atom is -0.382 e. The molecule has 106 valence electrons. The maximum absolute atomic E-state index is 14.3. The zero-order valence-electron chi connectivity index (χ0n) is 11.4. The van der Waals surface area contributed by atoms with Crippen LogP contribution in [-0.4, -0.2) is 48.3 Å². The van der Waals surface area contributed by atoms with Crippen molar-refractivity contribution in [3.8, 4) is 11.3 Å². The Morgan fingerprint density at radius 1 is 1.20 bits per heavy atom. The monoisotopic (exact) mass is 275 g/mol. The van der Waals surface area contributed by atoms with Crippen molar-refractivity contribution in [2.24, 2.45) is 0 Å². The molecule has 6 heteroatoms. The summed E-state index contributed by atoms with van der Waals surface area (Å²) in [4.78, 5) is 4.33. The average Bonchev–Trinajstić information content (AvgIpc) is 2.87. The summed E-state index contributed by atoms with van der Waals surface area (Å²) < 4.78 is 14.3. The maximum atomic E-state index is 14.3. The van der Waals surface area contributed by atoms with Crippen molar-refractivity contribution in [3.05, 3.63) is 30.1 Å². The van der Waals surface area contributed by atoms with Gasteiger partial charge in [0.2, 0.25) is 0 Å². The molecular formula is C14H18FN5. The second-order valence-electron chi connectivity index (χ2n) is 5.16. The Kier molecular flexibility index (Phi) is 3.31. The largest absolute Gasteiger partial charge is 0.382 e. The number of anilines is 2. The molecule has 1 aromatic heterocycles. The van der Waals surface area contributed by atoms with Crippen LogP contribution >= 0.6 is 0 Å². The number of nitrogens with two attached hydrogens (primary N) is 1. The normalized spacial score (nSPS) is 16.6. The first kappa shape index (κ1) is 12.9. The first-order chi connectivity index (χ1) is 9.63. The van der Waals surface area contributed by atoms with E-state index < -0.39 is 0 Å². The van der Waals surface area contributed by atoms with Gasteiger partial charge in [-0.15, -0.1) is 0 Å². The lowest BCUT2D eigenvalue weighted by Crippen LogP contribution is -2.44. The fourth-order valence-electron chi connectivity index (χ4n) is 2.46. The summed E-state index contributed by atoms with van der Waals surface area (Å²) in [6.45, 7) is 3.62. The lowest BCUT2D eigenvalue weighted by atomic mass is 10.1. The lowest BCUT2D eigenvalue weighted by molar-refractivity contribution is 0.311. The summed E-state index contributed by atoms with van der Waals surface area (Å²) in [5.74, 6) is 0.198. The first-order valence-corrected chi connectivity index (χ1v) is 6.68. The zero-order valence-corrected chi connectivity index (χ0v) is 11.4. The van der Waals surface area contributed by atoms with E-state index in [9.17, 15) is 4.39 Å². The van der Waals surface area contributed by atoms with E-state index in [4.69, 9.17) is 5.73 Å². The van der Waals surface area contributed by atoms with Crippen LogP contribution < -0.4 is 10.6 Å². The van der Waals surface area contributed by atoms with Crippen LogP contribution in [0.25, 0.3) is 11.3 Å². The van der Waals surface area contributed by atoms with E-state index in [0.717, 1.165) is 37.4 Å². The third kappa shape index (κ3) is 2.46. The molecule has 1 aromatic carbocycles. The fraction of sp³-hybridized carbons (Fsp3) is 0.357. The number of hydrogen-bond acceptors (Lipinski definition) is 4. The summed E-state index contributed by atoms with van der Waals surface area (Å²) in [5, 5.41) is 6.65. The van der Waals surface area contributed by atoms with Crippen LogP contribution in [0.1, 0.15) is 0 Å². The lowest BCUT2D eigenvalue weighted by Gasteiger charge is -2.34. The van der Waals surface area contributed by atoms with Crippen LogP contribution in [0.5, 0.6) is 0 Å². The highest BCUT2D eigenvalue weighted by atomic mass is 19.1. The molecule has 0 radical (unpaired) electrons. The SMILES string of the molecule is CN1CCN(c2ccc(-c3cc(N)n[nH]3)cc2F)CC1. The minimum atomic E-state index is -0.208. The number of benzene rings is 1. The van der Waals surface area contributed by atoms with Crippen LogP contribution in [-0.2, 0) is 0 Å². The molecule has 0 aliphatic carbocycles. The van der Waals surface area contributed by atoms with E-state index >= 15 is 0 Å². The smallest absolute Gasteiger partial charge is 0.147 e. The van der Waals surface area contributed by atoms with Gasteiger partial charge in [-0.05, 0) is 19.2 Å². The number of halogens is 1. The Bertz CT molecular complexity index is 601. The summed E-state index contributed by atoms with van der Waals surface area (Å²) >= 11 is 0. The molecule has 0 atom stereocenters. The Morgan fingerprint density at radius 3 is 2.55 bits per heavy atom. The van der Waals surface area contributed by atoms with Gasteiger partial charge in [0.05, 0.1) is 11.4 Å². The number of nitrogen functional groups attached to an aromatic ring is 1. The molecule has 20 heavy (non-hydrogen) atoms. The van der Waals surface area contributed by atoms with E-state index in [1.807, 2.05) is 12.1 Å². The number of aromatic nitrogens is 2. The molecule has 3 rings (SSSR count). The van der Waals surface area contributed by atoms with Crippen LogP contribution in [0.15, 0.2) is 24.3 Å². The van der Waals surface area contributed by atoms with E-state index in [1.54, 1.807) is 6.07 Å². The average molecular weight is 275 g/mol. The number of piperazine rings is 1. The number of aromatic amines is 1. The van der Waals surface area contributed by atoms with E-state index in [1.165, 1.54) is 6.07 Å². The molecule has 3 N–H and O–H groups in total. The minimum absolute atomic E-state index is 0.208. The highest BCUT2D eigenvalue weighted by molar-refractivity contribution is 5.65. The van der Waals surface area contributed by atoms with Crippen molar-refractivity contribution in [2.75, 3.05) is 43.9 Å². The van der Waals surface area contributed by atoms with Crippen molar-refractivity contribution in [2.45, 2.75) is 0 Å². The second kappa shape index (κ2) is 5.13. The van der Waals surface area contributed by atoms with E-state index in [-0.39, 0.29) is 5.82 Å². The predicted molar refractivity (Wildman–Crippen MR) is 78.1 cm³/mol. The topological polar surface area (TPSA) is 61.2 Å². The summed E-state index contributed by atoms with van der Waals surface area (Å²) in [7, 11) is 2.08. The highest BCUT2D eigenvalue weighted by Crippen LogP contribution is 2.26. The van der Waals surface area contributed by atoms with Crippen molar-refractivity contribution in [1.29, 1.82) is 0 Å². The van der Waals surface area contributed by atoms with E-state index in [2.05, 4.69) is 27.0 Å². The Labute approximate surface area is 117 Å². The molecular weight excluding hydrogens is 257 g/mol. The van der Waals surface area contributed by atoms with Gasteiger partial charge in [-0.1, -0.05) is 6.07 Å². The Balaban J connectivity index is 1.84. The molecule has 1 aliphatic heterocycles. The molecule has 0 unspecified atom stereocenters. The van der Waals surface area contributed by atoms with Crippen LogP contribution in [0.2, 0.25) is 0 Å². The number of hydrogen-bond donors (Lipinski definition) is 2. The Hall–Kier alpha value is -2.08. The number of likely N-dealkylation sites (N-methyl/N-ethyl adjacent to an activating group) is 1. The van der Waals surface area contributed by atoms with Gasteiger partial charge in [0.15, 0.2) is 0 Å². The van der Waals surface area contributed by atoms with Gasteiger partial charge in [-0.25, -0.2) is 4.39 Å². The quantitative estimate of drug-likeness (QED) is 0.873. The number of rotatable bonds is 2. The molecule has 0 spiro atoms. The van der Waals surface area contributed by atoms with Gasteiger partial charge >= 0.3 is 0 Å². The summed E-state index contributed by atoms with van der Waals surface area (Å²) in [6, 6.07) is 6.95. The van der Waals surface area contributed by atoms with Crippen LogP contribution in [0.4, 0.5) is 15.9 Å². The summed E-state index contributed by atoms with van der Waals surface area (Å²) in [5.41, 5.74) is 7.71. The third-order valence-electron chi connectivity index (χ3n) is 3.70. The van der Waals surface area contributed by atoms with Gasteiger partial charge in [0.1, 0.15) is 11.6 Å². The molecule has 1 saturated heterocycles. The molecule has 5 nitrogen and oxygen atoms in total. The number of nitrogens with one attached hydrogen (secondary N) is 1. The molecule has 1 fully saturated rings. The molecule has 0 amide bonds. The standard InChI is InChI=1S/C14H18FN5/c1-19-4-6-20(7-5-19)13-3-2-10(8-11(13)15)12-9-14(16)18-17-12/h2-3,8-9H,4-7H2,1H3,(H3,16,17,18). The molecule has 0 saturated carbocycles. The predicted octanol–water partition coefficient (Wildman–Crippen LogP) is 1.55. The van der Waals surface area contributed by atoms with Gasteiger partial charge in [-0.3, -0.25) is 5.10 Å². The molecule has 0 bridgehead atoms. The Morgan fingerprint density at radius 2 is 1.95 bits per heavy atom. The van der Waals surface area contributed by atoms with Gasteiger partial charge in [0.25, 0.3) is 0 Å². The number of H-pyrrole nitrogens is 1. The molecule has 1 aliphatic rings. The summed E-state index contributed by atoms with van der Waals surface area (Å²) in [6.07, 6.45) is 0. The van der Waals surface area contributed by atoms with Crippen molar-refractivity contribution in [3.63, 3.8) is 0 Å². The highest BCUT2D eigenvalue weighted by Gasteiger charge is 2.17. The van der Waals surface area contributed by atoms with Crippen LogP contribution in [0.3, 0.4) is 0 Å². The zero-order chi connectivity index (χ0) is 14.1. The van der Waals surface area contributed by atoms with Crippen molar-refractivity contribution in [1.82, 2.24) is 15.1 Å². The van der Waals surface area contributed by atoms with E-state index in [0.29, 0.717) is 11.5 Å².